The number of carboxylic acid groups (broad SMARTS) is 1. The van der Waals surface area contributed by atoms with Gasteiger partial charge in [0.15, 0.2) is 0 Å². The maximum Gasteiger partial charge on any atom is 0.326 e. The summed E-state index contributed by atoms with van der Waals surface area (Å²) in [6.45, 7) is 1.77. The van der Waals surface area contributed by atoms with Gasteiger partial charge in [-0.05, 0) is 18.6 Å². The third kappa shape index (κ3) is 4.92. The molecule has 1 heterocycles. The Bertz CT molecular complexity index is 450. The lowest BCUT2D eigenvalue weighted by molar-refractivity contribution is -0.139. The van der Waals surface area contributed by atoms with Crippen molar-refractivity contribution in [2.24, 2.45) is 0 Å². The van der Waals surface area contributed by atoms with Gasteiger partial charge in [-0.15, -0.1) is 0 Å². The molecule has 4 N–H and O–H groups in total. The van der Waals surface area contributed by atoms with Crippen LogP contribution in [0.5, 0.6) is 0 Å². The van der Waals surface area contributed by atoms with E-state index in [1.54, 1.807) is 12.3 Å². The number of nitrogens with one attached hydrogen (secondary N) is 2. The van der Waals surface area contributed by atoms with Gasteiger partial charge in [-0.1, -0.05) is 6.07 Å². The van der Waals surface area contributed by atoms with Gasteiger partial charge in [0.05, 0.1) is 12.2 Å². The average Bonchev–Trinajstić information content (AvgIpc) is 2.37. The van der Waals surface area contributed by atoms with Gasteiger partial charge < -0.3 is 20.8 Å². The van der Waals surface area contributed by atoms with Crippen molar-refractivity contribution in [3.63, 3.8) is 0 Å². The summed E-state index contributed by atoms with van der Waals surface area (Å²) in [6, 6.07) is 1.95. The number of carbonyl (C=O) groups is 2. The first-order valence-electron chi connectivity index (χ1n) is 5.83. The van der Waals surface area contributed by atoms with E-state index in [0.717, 1.165) is 5.56 Å². The first kappa shape index (κ1) is 14.9. The highest BCUT2D eigenvalue weighted by Crippen LogP contribution is 2.02. The molecule has 0 unspecified atom stereocenters. The summed E-state index contributed by atoms with van der Waals surface area (Å²) in [5.41, 5.74) is 1.65. The molecule has 1 aromatic heterocycles. The molecule has 7 heteroatoms. The van der Waals surface area contributed by atoms with Crippen molar-refractivity contribution in [2.45, 2.75) is 25.9 Å². The maximum absolute atomic E-state index is 11.5. The van der Waals surface area contributed by atoms with Gasteiger partial charge in [0, 0.05) is 19.2 Å². The predicted molar refractivity (Wildman–Crippen MR) is 67.5 cm³/mol. The lowest BCUT2D eigenvalue weighted by Crippen LogP contribution is -2.46. The van der Waals surface area contributed by atoms with E-state index < -0.39 is 18.0 Å². The minimum absolute atomic E-state index is 0.0363. The summed E-state index contributed by atoms with van der Waals surface area (Å²) >= 11 is 0. The molecule has 0 aliphatic heterocycles. The monoisotopic (exact) mass is 267 g/mol. The van der Waals surface area contributed by atoms with Gasteiger partial charge in [0.25, 0.3) is 0 Å². The Balaban J connectivity index is 2.47. The largest absolute Gasteiger partial charge is 0.480 e. The smallest absolute Gasteiger partial charge is 0.326 e. The van der Waals surface area contributed by atoms with Gasteiger partial charge in [-0.2, -0.15) is 0 Å². The molecule has 0 aliphatic carbocycles. The normalized spacial score (nSPS) is 11.7. The number of carboxylic acids is 1. The molecular weight excluding hydrogens is 250 g/mol. The molecule has 2 amide bonds. The van der Waals surface area contributed by atoms with Gasteiger partial charge >= 0.3 is 12.0 Å². The molecular formula is C12H17N3O4. The lowest BCUT2D eigenvalue weighted by atomic mass is 10.2. The lowest BCUT2D eigenvalue weighted by Gasteiger charge is -2.14. The zero-order valence-corrected chi connectivity index (χ0v) is 10.6. The van der Waals surface area contributed by atoms with Crippen LogP contribution in [-0.2, 0) is 11.3 Å². The van der Waals surface area contributed by atoms with Crippen LogP contribution in [0.1, 0.15) is 17.7 Å². The van der Waals surface area contributed by atoms with Crippen molar-refractivity contribution in [3.8, 4) is 0 Å². The summed E-state index contributed by atoms with van der Waals surface area (Å²) in [5, 5.41) is 22.3. The summed E-state index contributed by atoms with van der Waals surface area (Å²) < 4.78 is 0. The van der Waals surface area contributed by atoms with Gasteiger partial charge in [0.2, 0.25) is 0 Å². The Morgan fingerprint density at radius 2 is 2.21 bits per heavy atom. The highest BCUT2D eigenvalue weighted by molar-refractivity contribution is 5.82. The molecule has 7 nitrogen and oxygen atoms in total. The van der Waals surface area contributed by atoms with E-state index in [-0.39, 0.29) is 19.6 Å². The average molecular weight is 267 g/mol. The Morgan fingerprint density at radius 1 is 1.47 bits per heavy atom. The van der Waals surface area contributed by atoms with Crippen molar-refractivity contribution in [1.82, 2.24) is 15.6 Å². The maximum atomic E-state index is 11.5. The number of rotatable bonds is 6. The second-order valence-corrected chi connectivity index (χ2v) is 4.00. The molecule has 0 radical (unpaired) electrons. The Hall–Kier alpha value is -2.15. The standard InChI is InChI=1S/C12H17N3O4/c1-8-3-2-5-13-10(8)7-14-12(19)15-9(4-6-16)11(17)18/h2-3,5,9,16H,4,6-7H2,1H3,(H,17,18)(H2,14,15,19)/t9-/m0/s1. The SMILES string of the molecule is Cc1cccnc1CNC(=O)N[C@@H](CCO)C(=O)O. The number of hydrogen-bond acceptors (Lipinski definition) is 4. The number of aliphatic hydroxyl groups excluding tert-OH is 1. The molecule has 0 fully saturated rings. The van der Waals surface area contributed by atoms with E-state index >= 15 is 0 Å². The fourth-order valence-electron chi connectivity index (χ4n) is 1.46. The zero-order valence-electron chi connectivity index (χ0n) is 10.6. The molecule has 1 aromatic rings. The van der Waals surface area contributed by atoms with E-state index in [4.69, 9.17) is 10.2 Å². The molecule has 0 saturated carbocycles. The minimum atomic E-state index is -1.18. The van der Waals surface area contributed by atoms with Crippen molar-refractivity contribution in [3.05, 3.63) is 29.6 Å². The second-order valence-electron chi connectivity index (χ2n) is 4.00. The molecule has 1 rings (SSSR count). The molecule has 1 atom stereocenters. The van der Waals surface area contributed by atoms with Gasteiger partial charge in [-0.3, -0.25) is 4.98 Å². The number of urea groups is 1. The van der Waals surface area contributed by atoms with Crippen LogP contribution >= 0.6 is 0 Å². The van der Waals surface area contributed by atoms with Crippen molar-refractivity contribution in [1.29, 1.82) is 0 Å². The van der Waals surface area contributed by atoms with Crippen LogP contribution in [0.4, 0.5) is 4.79 Å². The van der Waals surface area contributed by atoms with Crippen LogP contribution in [0.3, 0.4) is 0 Å². The van der Waals surface area contributed by atoms with E-state index in [1.807, 2.05) is 13.0 Å². The van der Waals surface area contributed by atoms with E-state index in [9.17, 15) is 9.59 Å². The second kappa shape index (κ2) is 7.32. The molecule has 0 aliphatic rings. The van der Waals surface area contributed by atoms with Crippen molar-refractivity contribution >= 4 is 12.0 Å². The van der Waals surface area contributed by atoms with Crippen molar-refractivity contribution in [2.75, 3.05) is 6.61 Å². The summed E-state index contributed by atoms with van der Waals surface area (Å²) in [5.74, 6) is -1.18. The number of hydrogen-bond donors (Lipinski definition) is 4. The Morgan fingerprint density at radius 3 is 2.79 bits per heavy atom. The Kier molecular flexibility index (Phi) is 5.74. The van der Waals surface area contributed by atoms with Crippen molar-refractivity contribution < 1.29 is 19.8 Å². The number of aromatic nitrogens is 1. The zero-order chi connectivity index (χ0) is 14.3. The number of pyridine rings is 1. The number of aryl methyl sites for hydroxylation is 1. The highest BCUT2D eigenvalue weighted by Gasteiger charge is 2.18. The fraction of sp³-hybridized carbons (Fsp3) is 0.417. The van der Waals surface area contributed by atoms with E-state index in [0.29, 0.717) is 5.69 Å². The van der Waals surface area contributed by atoms with E-state index in [1.165, 1.54) is 0 Å². The summed E-state index contributed by atoms with van der Waals surface area (Å²) in [7, 11) is 0. The summed E-state index contributed by atoms with van der Waals surface area (Å²) in [4.78, 5) is 26.4. The first-order valence-corrected chi connectivity index (χ1v) is 5.83. The topological polar surface area (TPSA) is 112 Å². The third-order valence-electron chi connectivity index (χ3n) is 2.56. The quantitative estimate of drug-likeness (QED) is 0.581. The van der Waals surface area contributed by atoms with E-state index in [2.05, 4.69) is 15.6 Å². The van der Waals surface area contributed by atoms with Crippen LogP contribution in [0.25, 0.3) is 0 Å². The fourth-order valence-corrected chi connectivity index (χ4v) is 1.46. The molecule has 0 bridgehead atoms. The highest BCUT2D eigenvalue weighted by atomic mass is 16.4. The Labute approximate surface area is 110 Å². The molecule has 0 spiro atoms. The summed E-state index contributed by atoms with van der Waals surface area (Å²) in [6.07, 6.45) is 1.58. The molecule has 0 aromatic carbocycles. The first-order chi connectivity index (χ1) is 9.04. The minimum Gasteiger partial charge on any atom is -0.480 e. The third-order valence-corrected chi connectivity index (χ3v) is 2.56. The van der Waals surface area contributed by atoms with Crippen LogP contribution in [0, 0.1) is 6.92 Å². The number of aliphatic hydroxyl groups is 1. The predicted octanol–water partition coefficient (Wildman–Crippen LogP) is 0.0248. The molecule has 19 heavy (non-hydrogen) atoms. The number of carbonyl (C=O) groups excluding carboxylic acids is 1. The van der Waals surface area contributed by atoms with Gasteiger partial charge in [0.1, 0.15) is 6.04 Å². The molecule has 0 saturated heterocycles. The van der Waals surface area contributed by atoms with Crippen LogP contribution in [-0.4, -0.2) is 39.8 Å². The molecule has 104 valence electrons. The van der Waals surface area contributed by atoms with Crippen LogP contribution in [0.2, 0.25) is 0 Å². The number of nitrogens with zero attached hydrogens (tertiary/aromatic N) is 1. The number of aliphatic carboxylic acids is 1. The van der Waals surface area contributed by atoms with Crippen LogP contribution in [0.15, 0.2) is 18.3 Å². The number of amides is 2. The van der Waals surface area contributed by atoms with Crippen LogP contribution < -0.4 is 10.6 Å². The van der Waals surface area contributed by atoms with Gasteiger partial charge in [-0.25, -0.2) is 9.59 Å².